The van der Waals surface area contributed by atoms with Crippen LogP contribution in [-0.2, 0) is 13.1 Å². The Balaban J connectivity index is 1.89. The van der Waals surface area contributed by atoms with Crippen LogP contribution in [0, 0.1) is 0 Å². The molecule has 2 heterocycles. The molecular weight excluding hydrogens is 248 g/mol. The molecule has 1 atom stereocenters. The first kappa shape index (κ1) is 11.8. The van der Waals surface area contributed by atoms with Gasteiger partial charge in [0.15, 0.2) is 0 Å². The minimum atomic E-state index is 0.226. The highest BCUT2D eigenvalue weighted by atomic mass is 35.5. The van der Waals surface area contributed by atoms with Crippen LogP contribution in [0.4, 0.5) is 0 Å². The van der Waals surface area contributed by atoms with Crippen LogP contribution in [-0.4, -0.2) is 11.4 Å². The topological polar surface area (TPSA) is 42.4 Å². The first-order valence-corrected chi connectivity index (χ1v) is 6.41. The predicted octanol–water partition coefficient (Wildman–Crippen LogP) is 2.95. The van der Waals surface area contributed by atoms with Crippen LogP contribution in [0.1, 0.15) is 22.9 Å². The fraction of sp³-hybridized carbons (Fsp3) is 0.286. The summed E-state index contributed by atoms with van der Waals surface area (Å²) in [6.45, 7) is 2.19. The average Bonchev–Trinajstić information content (AvgIpc) is 2.97. The van der Waals surface area contributed by atoms with E-state index in [0.29, 0.717) is 6.54 Å². The summed E-state index contributed by atoms with van der Waals surface area (Å²) in [5, 5.41) is 0.827. The van der Waals surface area contributed by atoms with Crippen molar-refractivity contribution in [1.82, 2.24) is 4.90 Å². The van der Waals surface area contributed by atoms with Gasteiger partial charge in [0.1, 0.15) is 5.76 Å². The molecule has 0 fully saturated rings. The van der Waals surface area contributed by atoms with Gasteiger partial charge in [0.25, 0.3) is 0 Å². The van der Waals surface area contributed by atoms with Crippen LogP contribution in [0.2, 0.25) is 5.02 Å². The van der Waals surface area contributed by atoms with Gasteiger partial charge in [0.05, 0.1) is 12.8 Å². The Bertz CT molecular complexity index is 539. The lowest BCUT2D eigenvalue weighted by atomic mass is 10.1. The molecule has 94 valence electrons. The van der Waals surface area contributed by atoms with Gasteiger partial charge >= 0.3 is 0 Å². The highest BCUT2D eigenvalue weighted by Gasteiger charge is 2.30. The Morgan fingerprint density at radius 1 is 1.33 bits per heavy atom. The van der Waals surface area contributed by atoms with Crippen molar-refractivity contribution in [3.8, 4) is 0 Å². The molecule has 1 aliphatic heterocycles. The zero-order valence-corrected chi connectivity index (χ0v) is 10.7. The number of halogens is 1. The van der Waals surface area contributed by atoms with Gasteiger partial charge in [0.2, 0.25) is 0 Å². The summed E-state index contributed by atoms with van der Waals surface area (Å²) in [4.78, 5) is 2.30. The van der Waals surface area contributed by atoms with Crippen molar-refractivity contribution < 1.29 is 4.42 Å². The first-order chi connectivity index (χ1) is 8.79. The molecule has 4 heteroatoms. The third-order valence-electron chi connectivity index (χ3n) is 3.48. The molecule has 3 nitrogen and oxygen atoms in total. The zero-order valence-electron chi connectivity index (χ0n) is 9.97. The molecule has 2 N–H and O–H groups in total. The second-order valence-corrected chi connectivity index (χ2v) is 4.95. The summed E-state index contributed by atoms with van der Waals surface area (Å²) in [6, 6.07) is 10.1. The normalized spacial score (nSPS) is 19.1. The maximum atomic E-state index is 6.25. The van der Waals surface area contributed by atoms with E-state index in [1.807, 2.05) is 24.3 Å². The Morgan fingerprint density at radius 2 is 2.22 bits per heavy atom. The number of benzene rings is 1. The van der Waals surface area contributed by atoms with E-state index in [1.165, 1.54) is 11.1 Å². The van der Waals surface area contributed by atoms with E-state index in [0.717, 1.165) is 23.9 Å². The van der Waals surface area contributed by atoms with Crippen LogP contribution in [0.25, 0.3) is 0 Å². The van der Waals surface area contributed by atoms with Gasteiger partial charge in [-0.3, -0.25) is 4.90 Å². The number of rotatable bonds is 3. The fourth-order valence-electron chi connectivity index (χ4n) is 2.61. The van der Waals surface area contributed by atoms with Crippen molar-refractivity contribution in [2.75, 3.05) is 6.54 Å². The Hall–Kier alpha value is -1.29. The predicted molar refractivity (Wildman–Crippen MR) is 71.2 cm³/mol. The Kier molecular flexibility index (Phi) is 3.12. The minimum absolute atomic E-state index is 0.226. The van der Waals surface area contributed by atoms with Crippen LogP contribution in [0.15, 0.2) is 41.0 Å². The van der Waals surface area contributed by atoms with Gasteiger partial charge in [-0.25, -0.2) is 0 Å². The van der Waals surface area contributed by atoms with E-state index in [9.17, 15) is 0 Å². The second kappa shape index (κ2) is 4.76. The summed E-state index contributed by atoms with van der Waals surface area (Å²) in [7, 11) is 0. The monoisotopic (exact) mass is 262 g/mol. The quantitative estimate of drug-likeness (QED) is 0.925. The lowest BCUT2D eigenvalue weighted by Crippen LogP contribution is -2.27. The van der Waals surface area contributed by atoms with E-state index in [2.05, 4.69) is 11.0 Å². The molecule has 0 aliphatic carbocycles. The number of fused-ring (bicyclic) bond motifs is 1. The Labute approximate surface area is 111 Å². The number of nitrogens with two attached hydrogens (primary N) is 1. The molecule has 2 aromatic rings. The SMILES string of the molecule is NCC1c2cccc(Cl)c2CN1Cc1ccco1. The van der Waals surface area contributed by atoms with E-state index in [-0.39, 0.29) is 6.04 Å². The molecule has 1 aromatic heterocycles. The van der Waals surface area contributed by atoms with Crippen molar-refractivity contribution in [2.24, 2.45) is 5.73 Å². The highest BCUT2D eigenvalue weighted by molar-refractivity contribution is 6.31. The summed E-state index contributed by atoms with van der Waals surface area (Å²) >= 11 is 6.25. The maximum absolute atomic E-state index is 6.25. The van der Waals surface area contributed by atoms with Crippen molar-refractivity contribution in [3.63, 3.8) is 0 Å². The number of hydrogen-bond donors (Lipinski definition) is 1. The van der Waals surface area contributed by atoms with Crippen molar-refractivity contribution in [2.45, 2.75) is 19.1 Å². The summed E-state index contributed by atoms with van der Waals surface area (Å²) in [6.07, 6.45) is 1.70. The van der Waals surface area contributed by atoms with E-state index in [4.69, 9.17) is 21.8 Å². The smallest absolute Gasteiger partial charge is 0.117 e. The Morgan fingerprint density at radius 3 is 2.94 bits per heavy atom. The average molecular weight is 263 g/mol. The maximum Gasteiger partial charge on any atom is 0.117 e. The van der Waals surface area contributed by atoms with Gasteiger partial charge < -0.3 is 10.2 Å². The van der Waals surface area contributed by atoms with E-state index < -0.39 is 0 Å². The van der Waals surface area contributed by atoms with E-state index >= 15 is 0 Å². The molecule has 3 rings (SSSR count). The van der Waals surface area contributed by atoms with Gasteiger partial charge in [0, 0.05) is 24.2 Å². The van der Waals surface area contributed by atoms with E-state index in [1.54, 1.807) is 6.26 Å². The van der Waals surface area contributed by atoms with Crippen LogP contribution in [0.5, 0.6) is 0 Å². The summed E-state index contributed by atoms with van der Waals surface area (Å²) < 4.78 is 5.40. The molecule has 0 spiro atoms. The van der Waals surface area contributed by atoms with Crippen molar-refractivity contribution >= 4 is 11.6 Å². The van der Waals surface area contributed by atoms with Gasteiger partial charge in [-0.2, -0.15) is 0 Å². The lowest BCUT2D eigenvalue weighted by Gasteiger charge is -2.22. The zero-order chi connectivity index (χ0) is 12.5. The minimum Gasteiger partial charge on any atom is -0.468 e. The third-order valence-corrected chi connectivity index (χ3v) is 3.83. The van der Waals surface area contributed by atoms with Crippen molar-refractivity contribution in [3.05, 3.63) is 58.5 Å². The number of furan rings is 1. The van der Waals surface area contributed by atoms with Gasteiger partial charge in [-0.1, -0.05) is 23.7 Å². The molecule has 0 bridgehead atoms. The van der Waals surface area contributed by atoms with Crippen LogP contribution in [0.3, 0.4) is 0 Å². The number of hydrogen-bond acceptors (Lipinski definition) is 3. The highest BCUT2D eigenvalue weighted by Crippen LogP contribution is 2.37. The largest absolute Gasteiger partial charge is 0.468 e. The molecule has 1 aliphatic rings. The standard InChI is InChI=1S/C14H15ClN2O/c15-13-5-1-4-11-12(13)9-17(14(11)7-16)8-10-3-2-6-18-10/h1-6,14H,7-9,16H2. The first-order valence-electron chi connectivity index (χ1n) is 6.03. The number of nitrogens with zero attached hydrogens (tertiary/aromatic N) is 1. The van der Waals surface area contributed by atoms with Crippen molar-refractivity contribution in [1.29, 1.82) is 0 Å². The van der Waals surface area contributed by atoms with Gasteiger partial charge in [-0.05, 0) is 29.3 Å². The molecule has 1 aromatic carbocycles. The molecule has 1 unspecified atom stereocenters. The summed E-state index contributed by atoms with van der Waals surface area (Å²) in [5.74, 6) is 0.956. The molecule has 0 saturated carbocycles. The van der Waals surface area contributed by atoms with Gasteiger partial charge in [-0.15, -0.1) is 0 Å². The molecular formula is C14H15ClN2O. The molecule has 0 radical (unpaired) electrons. The fourth-order valence-corrected chi connectivity index (χ4v) is 2.85. The third kappa shape index (κ3) is 1.94. The van der Waals surface area contributed by atoms with Crippen LogP contribution < -0.4 is 5.73 Å². The molecule has 0 saturated heterocycles. The molecule has 0 amide bonds. The summed E-state index contributed by atoms with van der Waals surface area (Å²) in [5.41, 5.74) is 8.35. The molecule has 18 heavy (non-hydrogen) atoms. The lowest BCUT2D eigenvalue weighted by molar-refractivity contribution is 0.194. The van der Waals surface area contributed by atoms with Crippen LogP contribution >= 0.6 is 11.6 Å². The second-order valence-electron chi connectivity index (χ2n) is 4.54.